The highest BCUT2D eigenvalue weighted by molar-refractivity contribution is 6.33. The minimum Gasteiger partial charge on any atom is -0.380 e. The van der Waals surface area contributed by atoms with Crippen molar-refractivity contribution in [3.8, 4) is 0 Å². The molecule has 4 heteroatoms. The van der Waals surface area contributed by atoms with Crippen LogP contribution in [0.4, 0.5) is 5.69 Å². The first-order valence-corrected chi connectivity index (χ1v) is 6.65. The Morgan fingerprint density at radius 1 is 1.00 bits per heavy atom. The number of rotatable bonds is 2. The molecule has 0 aliphatic carbocycles. The first-order valence-electron chi connectivity index (χ1n) is 6.27. The predicted molar refractivity (Wildman–Crippen MR) is 80.8 cm³/mol. The van der Waals surface area contributed by atoms with Gasteiger partial charge in [-0.1, -0.05) is 41.9 Å². The molecule has 0 aliphatic heterocycles. The molecule has 0 saturated heterocycles. The van der Waals surface area contributed by atoms with Gasteiger partial charge in [-0.2, -0.15) is 0 Å². The Balaban J connectivity index is 2.37. The van der Waals surface area contributed by atoms with Gasteiger partial charge in [-0.05, 0) is 25.3 Å². The normalized spacial score (nSPS) is 11.4. The van der Waals surface area contributed by atoms with Gasteiger partial charge in [0.1, 0.15) is 5.52 Å². The van der Waals surface area contributed by atoms with Gasteiger partial charge in [0, 0.05) is 16.8 Å². The molecule has 3 rings (SSSR count). The fourth-order valence-electron chi connectivity index (χ4n) is 2.25. The summed E-state index contributed by atoms with van der Waals surface area (Å²) in [5, 5.41) is 15.3. The van der Waals surface area contributed by atoms with E-state index < -0.39 is 0 Å². The van der Waals surface area contributed by atoms with Gasteiger partial charge in [-0.15, -0.1) is 10.2 Å². The summed E-state index contributed by atoms with van der Waals surface area (Å²) in [5.74, 6) is 0. The van der Waals surface area contributed by atoms with E-state index in [1.54, 1.807) is 0 Å². The SMILES string of the molecule is CC(C)Nc1c(Cl)nnc2c1ccc1ccccc12. The van der Waals surface area contributed by atoms with Crippen molar-refractivity contribution in [2.24, 2.45) is 0 Å². The molecule has 1 N–H and O–H groups in total. The Kier molecular flexibility index (Phi) is 2.99. The highest BCUT2D eigenvalue weighted by atomic mass is 35.5. The minimum atomic E-state index is 0.288. The average molecular weight is 272 g/mol. The van der Waals surface area contributed by atoms with Crippen LogP contribution in [-0.4, -0.2) is 16.2 Å². The van der Waals surface area contributed by atoms with Crippen molar-refractivity contribution in [1.29, 1.82) is 0 Å². The molecule has 0 aliphatic rings. The van der Waals surface area contributed by atoms with Crippen LogP contribution in [0.25, 0.3) is 21.7 Å². The molecule has 0 unspecified atom stereocenters. The van der Waals surface area contributed by atoms with Gasteiger partial charge < -0.3 is 5.32 Å². The van der Waals surface area contributed by atoms with Crippen LogP contribution < -0.4 is 5.32 Å². The van der Waals surface area contributed by atoms with Crippen molar-refractivity contribution < 1.29 is 0 Å². The number of nitrogens with one attached hydrogen (secondary N) is 1. The maximum atomic E-state index is 6.16. The van der Waals surface area contributed by atoms with Gasteiger partial charge >= 0.3 is 0 Å². The van der Waals surface area contributed by atoms with Crippen LogP contribution in [0, 0.1) is 0 Å². The Morgan fingerprint density at radius 2 is 1.79 bits per heavy atom. The Morgan fingerprint density at radius 3 is 2.58 bits per heavy atom. The summed E-state index contributed by atoms with van der Waals surface area (Å²) in [7, 11) is 0. The monoisotopic (exact) mass is 271 g/mol. The number of halogens is 1. The zero-order valence-corrected chi connectivity index (χ0v) is 11.6. The molecule has 2 aromatic carbocycles. The standard InChI is InChI=1S/C15H14ClN3/c1-9(2)17-14-12-8-7-10-5-3-4-6-11(10)13(12)18-19-15(14)16/h3-9H,1-2H3,(H,17,18). The van der Waals surface area contributed by atoms with Gasteiger partial charge in [0.2, 0.25) is 0 Å². The first kappa shape index (κ1) is 12.2. The molecule has 0 atom stereocenters. The Labute approximate surface area is 116 Å². The molecule has 0 amide bonds. The molecule has 0 spiro atoms. The number of benzene rings is 2. The van der Waals surface area contributed by atoms with Crippen LogP contribution in [0.1, 0.15) is 13.8 Å². The van der Waals surface area contributed by atoms with E-state index in [-0.39, 0.29) is 6.04 Å². The molecule has 3 aromatic rings. The number of fused-ring (bicyclic) bond motifs is 3. The number of hydrogen-bond acceptors (Lipinski definition) is 3. The van der Waals surface area contributed by atoms with E-state index in [0.29, 0.717) is 5.15 Å². The predicted octanol–water partition coefficient (Wildman–Crippen LogP) is 4.26. The molecule has 96 valence electrons. The molecule has 0 saturated carbocycles. The second-order valence-corrected chi connectivity index (χ2v) is 5.21. The zero-order valence-electron chi connectivity index (χ0n) is 10.8. The van der Waals surface area contributed by atoms with Gasteiger partial charge in [-0.3, -0.25) is 0 Å². The Bertz CT molecular complexity index is 753. The molecular weight excluding hydrogens is 258 g/mol. The lowest BCUT2D eigenvalue weighted by atomic mass is 10.1. The van der Waals surface area contributed by atoms with E-state index in [9.17, 15) is 0 Å². The number of aromatic nitrogens is 2. The minimum absolute atomic E-state index is 0.288. The molecule has 1 heterocycles. The fraction of sp³-hybridized carbons (Fsp3) is 0.200. The third-order valence-corrected chi connectivity index (χ3v) is 3.31. The lowest BCUT2D eigenvalue weighted by Gasteiger charge is -2.14. The summed E-state index contributed by atoms with van der Waals surface area (Å²) in [6.45, 7) is 4.15. The van der Waals surface area contributed by atoms with Gasteiger partial charge in [-0.25, -0.2) is 0 Å². The molecule has 1 aromatic heterocycles. The van der Waals surface area contributed by atoms with Gasteiger partial charge in [0.05, 0.1) is 5.69 Å². The number of anilines is 1. The van der Waals surface area contributed by atoms with Crippen LogP contribution in [0.3, 0.4) is 0 Å². The second kappa shape index (κ2) is 4.67. The van der Waals surface area contributed by atoms with Crippen LogP contribution in [0.2, 0.25) is 5.15 Å². The molecule has 0 fully saturated rings. The summed E-state index contributed by atoms with van der Waals surface area (Å²) in [4.78, 5) is 0. The van der Waals surface area contributed by atoms with Crippen LogP contribution in [-0.2, 0) is 0 Å². The van der Waals surface area contributed by atoms with Crippen molar-refractivity contribution in [1.82, 2.24) is 10.2 Å². The van der Waals surface area contributed by atoms with Crippen molar-refractivity contribution in [3.63, 3.8) is 0 Å². The van der Waals surface area contributed by atoms with Crippen LogP contribution in [0.15, 0.2) is 36.4 Å². The second-order valence-electron chi connectivity index (χ2n) is 4.85. The largest absolute Gasteiger partial charge is 0.380 e. The molecule has 0 bridgehead atoms. The van der Waals surface area contributed by atoms with Gasteiger partial charge in [0.25, 0.3) is 0 Å². The molecule has 3 nitrogen and oxygen atoms in total. The Hall–Kier alpha value is -1.87. The summed E-state index contributed by atoms with van der Waals surface area (Å²) >= 11 is 6.16. The van der Waals surface area contributed by atoms with E-state index >= 15 is 0 Å². The first-order chi connectivity index (χ1) is 9.16. The highest BCUT2D eigenvalue weighted by Gasteiger charge is 2.11. The third kappa shape index (κ3) is 2.10. The van der Waals surface area contributed by atoms with Crippen molar-refractivity contribution >= 4 is 39.0 Å². The van der Waals surface area contributed by atoms with Crippen LogP contribution in [0.5, 0.6) is 0 Å². The maximum Gasteiger partial charge on any atom is 0.175 e. The third-order valence-electron chi connectivity index (χ3n) is 3.05. The number of hydrogen-bond donors (Lipinski definition) is 1. The smallest absolute Gasteiger partial charge is 0.175 e. The van der Waals surface area contributed by atoms with Crippen LogP contribution >= 0.6 is 11.6 Å². The van der Waals surface area contributed by atoms with E-state index in [1.165, 1.54) is 0 Å². The summed E-state index contributed by atoms with van der Waals surface area (Å²) in [5.41, 5.74) is 1.73. The summed E-state index contributed by atoms with van der Waals surface area (Å²) in [6.07, 6.45) is 0. The van der Waals surface area contributed by atoms with Crippen molar-refractivity contribution in [2.75, 3.05) is 5.32 Å². The summed E-state index contributed by atoms with van der Waals surface area (Å²) < 4.78 is 0. The number of nitrogens with zero attached hydrogens (tertiary/aromatic N) is 2. The fourth-order valence-corrected chi connectivity index (χ4v) is 2.44. The van der Waals surface area contributed by atoms with E-state index in [0.717, 1.165) is 27.4 Å². The van der Waals surface area contributed by atoms with Crippen molar-refractivity contribution in [2.45, 2.75) is 19.9 Å². The molecular formula is C15H14ClN3. The quantitative estimate of drug-likeness (QED) is 0.708. The summed E-state index contributed by atoms with van der Waals surface area (Å²) in [6, 6.07) is 12.6. The molecule has 0 radical (unpaired) electrons. The topological polar surface area (TPSA) is 37.8 Å². The van der Waals surface area contributed by atoms with E-state index in [4.69, 9.17) is 11.6 Å². The van der Waals surface area contributed by atoms with E-state index in [1.807, 2.05) is 18.2 Å². The highest BCUT2D eigenvalue weighted by Crippen LogP contribution is 2.32. The van der Waals surface area contributed by atoms with Gasteiger partial charge in [0.15, 0.2) is 5.15 Å². The lowest BCUT2D eigenvalue weighted by molar-refractivity contribution is 0.897. The van der Waals surface area contributed by atoms with E-state index in [2.05, 4.69) is 47.6 Å². The van der Waals surface area contributed by atoms with Crippen molar-refractivity contribution in [3.05, 3.63) is 41.6 Å². The average Bonchev–Trinajstić information content (AvgIpc) is 2.41. The maximum absolute atomic E-state index is 6.16. The molecule has 19 heavy (non-hydrogen) atoms. The zero-order chi connectivity index (χ0) is 13.4. The lowest BCUT2D eigenvalue weighted by Crippen LogP contribution is -2.11.